The molecule has 0 radical (unpaired) electrons. The quantitative estimate of drug-likeness (QED) is 0.643. The van der Waals surface area contributed by atoms with Crippen molar-refractivity contribution in [3.63, 3.8) is 0 Å². The maximum Gasteiger partial charge on any atom is 0.144 e. The minimum atomic E-state index is 0.752. The fourth-order valence-electron chi connectivity index (χ4n) is 3.57. The van der Waals surface area contributed by atoms with E-state index in [0.717, 1.165) is 65.6 Å². The van der Waals surface area contributed by atoms with Crippen molar-refractivity contribution in [2.45, 2.75) is 12.8 Å². The van der Waals surface area contributed by atoms with E-state index in [2.05, 4.69) is 63.4 Å². The largest absolute Gasteiger partial charge is 0.385 e. The van der Waals surface area contributed by atoms with Crippen molar-refractivity contribution >= 4 is 39.7 Å². The molecule has 0 aliphatic carbocycles. The maximum atomic E-state index is 6.24. The summed E-state index contributed by atoms with van der Waals surface area (Å²) in [6.45, 7) is 2.91. The standard InChI is InChI=1S/C21H24ClN5/c1-26(2)10-3-9-23-17-6-7-19-18(13-17)21(25-14-24-19)27-11-8-15-4-5-16(22)12-20(15)27/h4-7,12-14,23H,3,8-11H2,1-2H3. The van der Waals surface area contributed by atoms with E-state index in [-0.39, 0.29) is 0 Å². The van der Waals surface area contributed by atoms with Crippen LogP contribution in [0.2, 0.25) is 5.02 Å². The van der Waals surface area contributed by atoms with Crippen LogP contribution in [0.3, 0.4) is 0 Å². The number of hydrogen-bond acceptors (Lipinski definition) is 5. The van der Waals surface area contributed by atoms with Gasteiger partial charge in [0.15, 0.2) is 0 Å². The Morgan fingerprint density at radius 3 is 2.89 bits per heavy atom. The predicted molar refractivity (Wildman–Crippen MR) is 113 cm³/mol. The molecule has 0 spiro atoms. The second-order valence-electron chi connectivity index (χ2n) is 7.19. The van der Waals surface area contributed by atoms with Crippen LogP contribution in [-0.4, -0.2) is 48.6 Å². The van der Waals surface area contributed by atoms with Crippen LogP contribution in [0.5, 0.6) is 0 Å². The van der Waals surface area contributed by atoms with Crippen molar-refractivity contribution in [1.82, 2.24) is 14.9 Å². The average Bonchev–Trinajstić information content (AvgIpc) is 3.07. The van der Waals surface area contributed by atoms with Gasteiger partial charge in [-0.15, -0.1) is 0 Å². The van der Waals surface area contributed by atoms with Crippen molar-refractivity contribution in [1.29, 1.82) is 0 Å². The molecule has 140 valence electrons. The van der Waals surface area contributed by atoms with Crippen LogP contribution < -0.4 is 10.2 Å². The van der Waals surface area contributed by atoms with Crippen LogP contribution in [0.15, 0.2) is 42.7 Å². The molecule has 0 saturated carbocycles. The van der Waals surface area contributed by atoms with Gasteiger partial charge in [-0.1, -0.05) is 17.7 Å². The SMILES string of the molecule is CN(C)CCCNc1ccc2ncnc(N3CCc4ccc(Cl)cc43)c2c1. The van der Waals surface area contributed by atoms with Crippen LogP contribution in [-0.2, 0) is 6.42 Å². The number of nitrogens with one attached hydrogen (secondary N) is 1. The molecule has 3 aromatic rings. The molecule has 27 heavy (non-hydrogen) atoms. The lowest BCUT2D eigenvalue weighted by molar-refractivity contribution is 0.405. The van der Waals surface area contributed by atoms with Crippen molar-refractivity contribution < 1.29 is 0 Å². The van der Waals surface area contributed by atoms with Crippen molar-refractivity contribution in [2.24, 2.45) is 0 Å². The zero-order chi connectivity index (χ0) is 18.8. The molecule has 1 aliphatic rings. The molecular formula is C21H24ClN5. The highest BCUT2D eigenvalue weighted by atomic mass is 35.5. The molecule has 0 atom stereocenters. The molecule has 0 unspecified atom stereocenters. The summed E-state index contributed by atoms with van der Waals surface area (Å²) in [6.07, 6.45) is 3.74. The molecule has 1 N–H and O–H groups in total. The van der Waals surface area contributed by atoms with E-state index in [9.17, 15) is 0 Å². The molecule has 2 heterocycles. The van der Waals surface area contributed by atoms with Crippen LogP contribution in [0, 0.1) is 0 Å². The van der Waals surface area contributed by atoms with Crippen LogP contribution in [0.1, 0.15) is 12.0 Å². The Labute approximate surface area is 165 Å². The normalized spacial score (nSPS) is 13.4. The van der Waals surface area contributed by atoms with Gasteiger partial charge in [-0.3, -0.25) is 0 Å². The number of halogens is 1. The zero-order valence-corrected chi connectivity index (χ0v) is 16.5. The molecule has 1 aromatic heterocycles. The summed E-state index contributed by atoms with van der Waals surface area (Å²) in [5.41, 5.74) is 4.51. The number of fused-ring (bicyclic) bond motifs is 2. The average molecular weight is 382 g/mol. The van der Waals surface area contributed by atoms with Crippen molar-refractivity contribution in [3.05, 3.63) is 53.3 Å². The Hall–Kier alpha value is -2.37. The van der Waals surface area contributed by atoms with E-state index >= 15 is 0 Å². The number of aromatic nitrogens is 2. The third kappa shape index (κ3) is 3.84. The molecule has 1 aliphatic heterocycles. The number of anilines is 3. The Morgan fingerprint density at radius 2 is 2.04 bits per heavy atom. The number of rotatable bonds is 6. The lowest BCUT2D eigenvalue weighted by Gasteiger charge is -2.20. The van der Waals surface area contributed by atoms with Gasteiger partial charge in [0.1, 0.15) is 12.1 Å². The van der Waals surface area contributed by atoms with Gasteiger partial charge in [-0.2, -0.15) is 0 Å². The maximum absolute atomic E-state index is 6.24. The molecule has 4 rings (SSSR count). The second-order valence-corrected chi connectivity index (χ2v) is 7.62. The summed E-state index contributed by atoms with van der Waals surface area (Å²) in [6, 6.07) is 12.4. The van der Waals surface area contributed by atoms with Gasteiger partial charge in [0.25, 0.3) is 0 Å². The molecule has 0 bridgehead atoms. The van der Waals surface area contributed by atoms with Crippen molar-refractivity contribution in [2.75, 3.05) is 43.9 Å². The summed E-state index contributed by atoms with van der Waals surface area (Å²) in [5, 5.41) is 5.33. The van der Waals surface area contributed by atoms with E-state index in [4.69, 9.17) is 11.6 Å². The second kappa shape index (κ2) is 7.71. The predicted octanol–water partition coefficient (Wildman–Crippen LogP) is 4.34. The van der Waals surface area contributed by atoms with E-state index in [0.29, 0.717) is 0 Å². The third-order valence-corrected chi connectivity index (χ3v) is 5.16. The fraction of sp³-hybridized carbons (Fsp3) is 0.333. The van der Waals surface area contributed by atoms with E-state index < -0.39 is 0 Å². The highest BCUT2D eigenvalue weighted by Crippen LogP contribution is 2.38. The Morgan fingerprint density at radius 1 is 1.15 bits per heavy atom. The van der Waals surface area contributed by atoms with Gasteiger partial charge in [-0.05, 0) is 69.4 Å². The first-order chi connectivity index (χ1) is 13.1. The minimum Gasteiger partial charge on any atom is -0.385 e. The molecule has 2 aromatic carbocycles. The highest BCUT2D eigenvalue weighted by molar-refractivity contribution is 6.31. The monoisotopic (exact) mass is 381 g/mol. The summed E-state index contributed by atoms with van der Waals surface area (Å²) < 4.78 is 0. The summed E-state index contributed by atoms with van der Waals surface area (Å²) >= 11 is 6.24. The molecule has 0 amide bonds. The van der Waals surface area contributed by atoms with Gasteiger partial charge in [-0.25, -0.2) is 9.97 Å². The number of hydrogen-bond donors (Lipinski definition) is 1. The van der Waals surface area contributed by atoms with Crippen LogP contribution >= 0.6 is 11.6 Å². The zero-order valence-electron chi connectivity index (χ0n) is 15.7. The van der Waals surface area contributed by atoms with Gasteiger partial charge in [0.05, 0.1) is 5.52 Å². The molecular weight excluding hydrogens is 358 g/mol. The Balaban J connectivity index is 1.64. The van der Waals surface area contributed by atoms with Gasteiger partial charge in [0, 0.05) is 34.9 Å². The smallest absolute Gasteiger partial charge is 0.144 e. The highest BCUT2D eigenvalue weighted by Gasteiger charge is 2.23. The first-order valence-corrected chi connectivity index (χ1v) is 9.69. The van der Waals surface area contributed by atoms with Crippen LogP contribution in [0.25, 0.3) is 10.9 Å². The van der Waals surface area contributed by atoms with Crippen LogP contribution in [0.4, 0.5) is 17.2 Å². The van der Waals surface area contributed by atoms with Gasteiger partial charge < -0.3 is 15.1 Å². The molecule has 5 nitrogen and oxygen atoms in total. The van der Waals surface area contributed by atoms with E-state index in [1.54, 1.807) is 6.33 Å². The number of nitrogens with zero attached hydrogens (tertiary/aromatic N) is 4. The third-order valence-electron chi connectivity index (χ3n) is 4.92. The van der Waals surface area contributed by atoms with Gasteiger partial charge in [0.2, 0.25) is 0 Å². The summed E-state index contributed by atoms with van der Waals surface area (Å²) in [5.74, 6) is 0.943. The molecule has 0 saturated heterocycles. The molecule has 0 fully saturated rings. The van der Waals surface area contributed by atoms with Crippen molar-refractivity contribution in [3.8, 4) is 0 Å². The first kappa shape index (κ1) is 18.0. The number of benzene rings is 2. The lowest BCUT2D eigenvalue weighted by Crippen LogP contribution is -2.16. The topological polar surface area (TPSA) is 44.3 Å². The van der Waals surface area contributed by atoms with E-state index in [1.165, 1.54) is 5.56 Å². The van der Waals surface area contributed by atoms with Gasteiger partial charge >= 0.3 is 0 Å². The van der Waals surface area contributed by atoms with E-state index in [1.807, 2.05) is 12.1 Å². The Kier molecular flexibility index (Phi) is 5.14. The lowest BCUT2D eigenvalue weighted by atomic mass is 10.1. The fourth-order valence-corrected chi connectivity index (χ4v) is 3.73. The summed E-state index contributed by atoms with van der Waals surface area (Å²) in [7, 11) is 4.19. The molecule has 6 heteroatoms. The first-order valence-electron chi connectivity index (χ1n) is 9.31. The Bertz CT molecular complexity index is 956. The summed E-state index contributed by atoms with van der Waals surface area (Å²) in [4.78, 5) is 13.5. The minimum absolute atomic E-state index is 0.752.